The Morgan fingerprint density at radius 3 is 2.55 bits per heavy atom. The van der Waals surface area contributed by atoms with E-state index >= 15 is 0 Å². The number of H-pyrrole nitrogens is 2. The number of fused-ring (bicyclic) bond motifs is 2. The van der Waals surface area contributed by atoms with E-state index in [-0.39, 0.29) is 5.82 Å². The lowest BCUT2D eigenvalue weighted by molar-refractivity contribution is 0.607. The van der Waals surface area contributed by atoms with E-state index in [1.165, 1.54) is 31.7 Å². The average Bonchev–Trinajstić information content (AvgIpc) is 3.74. The molecule has 200 valence electrons. The zero-order valence-corrected chi connectivity index (χ0v) is 22.5. The summed E-state index contributed by atoms with van der Waals surface area (Å²) >= 11 is 0. The summed E-state index contributed by atoms with van der Waals surface area (Å²) in [5.74, 6) is 0.778. The lowest BCUT2D eigenvalue weighted by Gasteiger charge is -2.16. The molecule has 0 amide bonds. The van der Waals surface area contributed by atoms with Crippen LogP contribution in [0.15, 0.2) is 97.4 Å². The van der Waals surface area contributed by atoms with Crippen LogP contribution in [0.1, 0.15) is 38.3 Å². The van der Waals surface area contributed by atoms with Crippen LogP contribution in [0.4, 0.5) is 4.39 Å². The smallest absolute Gasteiger partial charge is 0.161 e. The van der Waals surface area contributed by atoms with Crippen molar-refractivity contribution in [2.24, 2.45) is 5.92 Å². The average molecular weight is 531 g/mol. The van der Waals surface area contributed by atoms with Crippen molar-refractivity contribution in [3.8, 4) is 22.6 Å². The molecule has 2 aromatic carbocycles. The fraction of sp³-hybridized carbons (Fsp3) is 0.182. The number of aromatic amines is 2. The number of nitrogens with zero attached hydrogens (tertiary/aromatic N) is 3. The van der Waals surface area contributed by atoms with Crippen LogP contribution in [0.5, 0.6) is 0 Å². The summed E-state index contributed by atoms with van der Waals surface area (Å²) in [6, 6.07) is 16.4. The maximum absolute atomic E-state index is 14.6. The Balaban J connectivity index is 1.36. The summed E-state index contributed by atoms with van der Waals surface area (Å²) in [5.41, 5.74) is 8.46. The quantitative estimate of drug-likeness (QED) is 0.177. The third kappa shape index (κ3) is 4.75. The van der Waals surface area contributed by atoms with Crippen LogP contribution < -0.4 is 5.32 Å². The van der Waals surface area contributed by atoms with E-state index in [2.05, 4.69) is 33.7 Å². The third-order valence-corrected chi connectivity index (χ3v) is 7.60. The topological polar surface area (TPSA) is 82.3 Å². The molecule has 1 aliphatic rings. The number of allylic oxidation sites excluding steroid dienone is 5. The molecule has 1 fully saturated rings. The molecule has 5 aromatic rings. The highest BCUT2D eigenvalue weighted by molar-refractivity contribution is 5.96. The van der Waals surface area contributed by atoms with E-state index in [1.54, 1.807) is 12.1 Å². The van der Waals surface area contributed by atoms with Gasteiger partial charge in [-0.1, -0.05) is 62.4 Å². The van der Waals surface area contributed by atoms with E-state index in [0.29, 0.717) is 34.0 Å². The van der Waals surface area contributed by atoms with Gasteiger partial charge in [0.05, 0.1) is 22.2 Å². The molecule has 3 heterocycles. The summed E-state index contributed by atoms with van der Waals surface area (Å²) in [4.78, 5) is 13.2. The van der Waals surface area contributed by atoms with Gasteiger partial charge < -0.3 is 10.3 Å². The van der Waals surface area contributed by atoms with Crippen molar-refractivity contribution in [2.45, 2.75) is 32.6 Å². The highest BCUT2D eigenvalue weighted by atomic mass is 19.1. The fourth-order valence-electron chi connectivity index (χ4n) is 5.45. The van der Waals surface area contributed by atoms with Crippen LogP contribution in [0.2, 0.25) is 0 Å². The number of aromatic nitrogens is 5. The Morgan fingerprint density at radius 2 is 1.77 bits per heavy atom. The minimum absolute atomic E-state index is 0.289. The van der Waals surface area contributed by atoms with Crippen molar-refractivity contribution in [1.29, 1.82) is 0 Å². The first-order valence-electron chi connectivity index (χ1n) is 13.6. The highest BCUT2D eigenvalue weighted by Crippen LogP contribution is 2.33. The van der Waals surface area contributed by atoms with Gasteiger partial charge in [-0.15, -0.1) is 0 Å². The number of para-hydroxylation sites is 1. The molecular formula is C33H31FN6. The summed E-state index contributed by atoms with van der Waals surface area (Å²) in [6.07, 6.45) is 10.8. The van der Waals surface area contributed by atoms with E-state index in [0.717, 1.165) is 39.3 Å². The van der Waals surface area contributed by atoms with Gasteiger partial charge in [-0.2, -0.15) is 5.10 Å². The number of hydrogen-bond acceptors (Lipinski definition) is 4. The molecule has 40 heavy (non-hydrogen) atoms. The Hall–Kier alpha value is -4.78. The van der Waals surface area contributed by atoms with Crippen molar-refractivity contribution < 1.29 is 4.39 Å². The standard InChI is InChI=1S/C33H31FN6/c1-4-21(19-23(5-2)35-20(3)22-11-6-7-12-22)27-17-18-29-31(36-27)32(40-39-29)33-37-28-16-10-14-25(30(28)38-33)24-13-8-9-15-26(24)34/h4-5,8-10,13-19,22,35H,2-3,6-7,11-12H2,1H3,(H,37,38)(H,39,40)/b21-4+,23-19+. The Labute approximate surface area is 232 Å². The monoisotopic (exact) mass is 530 g/mol. The lowest BCUT2D eigenvalue weighted by Crippen LogP contribution is -2.16. The normalized spacial score (nSPS) is 14.8. The van der Waals surface area contributed by atoms with Gasteiger partial charge in [0, 0.05) is 22.5 Å². The first kappa shape index (κ1) is 25.5. The number of pyridine rings is 1. The zero-order valence-electron chi connectivity index (χ0n) is 22.5. The molecule has 0 atom stereocenters. The maximum atomic E-state index is 14.6. The van der Waals surface area contributed by atoms with Crippen LogP contribution in [0.25, 0.3) is 50.3 Å². The van der Waals surface area contributed by atoms with Gasteiger partial charge in [0.25, 0.3) is 0 Å². The minimum atomic E-state index is -0.289. The molecule has 7 heteroatoms. The van der Waals surface area contributed by atoms with Crippen LogP contribution in [-0.2, 0) is 0 Å². The second kappa shape index (κ2) is 10.8. The van der Waals surface area contributed by atoms with Gasteiger partial charge in [0.2, 0.25) is 0 Å². The lowest BCUT2D eigenvalue weighted by atomic mass is 10.0. The summed E-state index contributed by atoms with van der Waals surface area (Å²) in [7, 11) is 0. The SMILES string of the molecule is C=C/C(=C\C(=C/C)c1ccc2[nH]nc(-c3nc4c(-c5ccccc5F)cccc4[nH]3)c2n1)NC(=C)C1CCCC1. The predicted molar refractivity (Wildman–Crippen MR) is 161 cm³/mol. The number of halogens is 1. The molecule has 0 spiro atoms. The van der Waals surface area contributed by atoms with E-state index < -0.39 is 0 Å². The number of benzene rings is 2. The van der Waals surface area contributed by atoms with Crippen LogP contribution in [0, 0.1) is 11.7 Å². The van der Waals surface area contributed by atoms with Gasteiger partial charge in [0.1, 0.15) is 11.3 Å². The molecule has 6 rings (SSSR count). The second-order valence-corrected chi connectivity index (χ2v) is 10.1. The largest absolute Gasteiger partial charge is 0.359 e. The van der Waals surface area contributed by atoms with Gasteiger partial charge >= 0.3 is 0 Å². The van der Waals surface area contributed by atoms with E-state index in [9.17, 15) is 4.39 Å². The molecule has 3 N–H and O–H groups in total. The van der Waals surface area contributed by atoms with Crippen LogP contribution in [-0.4, -0.2) is 25.1 Å². The first-order valence-corrected chi connectivity index (χ1v) is 13.6. The van der Waals surface area contributed by atoms with Gasteiger partial charge in [-0.3, -0.25) is 5.10 Å². The molecule has 1 saturated carbocycles. The van der Waals surface area contributed by atoms with Crippen molar-refractivity contribution >= 4 is 27.6 Å². The first-order chi connectivity index (χ1) is 19.6. The van der Waals surface area contributed by atoms with Crippen molar-refractivity contribution in [3.63, 3.8) is 0 Å². The Morgan fingerprint density at radius 1 is 0.975 bits per heavy atom. The number of hydrogen-bond donors (Lipinski definition) is 3. The molecule has 6 nitrogen and oxygen atoms in total. The minimum Gasteiger partial charge on any atom is -0.359 e. The second-order valence-electron chi connectivity index (χ2n) is 10.1. The summed E-state index contributed by atoms with van der Waals surface area (Å²) < 4.78 is 14.6. The van der Waals surface area contributed by atoms with Crippen molar-refractivity contribution in [2.75, 3.05) is 0 Å². The van der Waals surface area contributed by atoms with E-state index in [4.69, 9.17) is 9.97 Å². The Kier molecular flexibility index (Phi) is 6.86. The van der Waals surface area contributed by atoms with Crippen molar-refractivity contribution in [3.05, 3.63) is 109 Å². The molecule has 0 bridgehead atoms. The summed E-state index contributed by atoms with van der Waals surface area (Å²) in [6.45, 7) is 10.3. The predicted octanol–water partition coefficient (Wildman–Crippen LogP) is 8.07. The van der Waals surface area contributed by atoms with Gasteiger partial charge in [-0.25, -0.2) is 14.4 Å². The maximum Gasteiger partial charge on any atom is 0.161 e. The number of imidazole rings is 1. The van der Waals surface area contributed by atoms with Crippen LogP contribution in [0.3, 0.4) is 0 Å². The molecule has 0 saturated heterocycles. The number of rotatable bonds is 8. The molecule has 0 aliphatic heterocycles. The zero-order chi connectivity index (χ0) is 27.6. The molecule has 1 aliphatic carbocycles. The number of nitrogens with one attached hydrogen (secondary N) is 3. The van der Waals surface area contributed by atoms with E-state index in [1.807, 2.05) is 61.5 Å². The molecule has 3 aromatic heterocycles. The highest BCUT2D eigenvalue weighted by Gasteiger charge is 2.19. The molecule has 0 unspecified atom stereocenters. The third-order valence-electron chi connectivity index (χ3n) is 7.60. The van der Waals surface area contributed by atoms with Crippen molar-refractivity contribution in [1.82, 2.24) is 30.5 Å². The molecular weight excluding hydrogens is 499 g/mol. The fourth-order valence-corrected chi connectivity index (χ4v) is 5.45. The van der Waals surface area contributed by atoms with Crippen LogP contribution >= 0.6 is 0 Å². The van der Waals surface area contributed by atoms with Gasteiger partial charge in [-0.05, 0) is 67.7 Å². The summed E-state index contributed by atoms with van der Waals surface area (Å²) in [5, 5.41) is 11.1. The molecule has 0 radical (unpaired) electrons. The Bertz CT molecular complexity index is 1800. The van der Waals surface area contributed by atoms with Gasteiger partial charge in [0.15, 0.2) is 11.5 Å².